The van der Waals surface area contributed by atoms with Gasteiger partial charge >= 0.3 is 0 Å². The fourth-order valence-electron chi connectivity index (χ4n) is 2.23. The molecule has 0 spiro atoms. The molecule has 4 nitrogen and oxygen atoms in total. The number of nitrogens with two attached hydrogens (primary N) is 1. The minimum atomic E-state index is -3.26. The van der Waals surface area contributed by atoms with Crippen molar-refractivity contribution in [3.63, 3.8) is 0 Å². The summed E-state index contributed by atoms with van der Waals surface area (Å²) in [7, 11) is -3.26. The molecule has 0 bridgehead atoms. The third-order valence-electron chi connectivity index (χ3n) is 3.44. The van der Waals surface area contributed by atoms with Crippen LogP contribution in [0.4, 0.5) is 11.4 Å². The van der Waals surface area contributed by atoms with Crippen LogP contribution in [0.25, 0.3) is 0 Å². The number of sulfone groups is 1. The average molecular weight is 304 g/mol. The molecule has 3 N–H and O–H groups in total. The van der Waals surface area contributed by atoms with Gasteiger partial charge in [0, 0.05) is 5.69 Å². The van der Waals surface area contributed by atoms with Crippen molar-refractivity contribution in [1.29, 1.82) is 0 Å². The molecule has 2 aromatic rings. The number of nitrogen functional groups attached to an aromatic ring is 1. The third-order valence-corrected chi connectivity index (χ3v) is 5.22. The van der Waals surface area contributed by atoms with Gasteiger partial charge in [0.05, 0.1) is 22.4 Å². The third kappa shape index (κ3) is 3.36. The Labute approximate surface area is 125 Å². The highest BCUT2D eigenvalue weighted by Gasteiger charge is 2.18. The van der Waals surface area contributed by atoms with Gasteiger partial charge in [0.15, 0.2) is 9.84 Å². The first kappa shape index (κ1) is 15.4. The maximum absolute atomic E-state index is 12.1. The van der Waals surface area contributed by atoms with E-state index in [0.29, 0.717) is 16.3 Å². The number of hydrogen-bond donors (Lipinski definition) is 2. The van der Waals surface area contributed by atoms with E-state index < -0.39 is 9.84 Å². The zero-order valence-electron chi connectivity index (χ0n) is 12.2. The lowest BCUT2D eigenvalue weighted by Gasteiger charge is -2.19. The van der Waals surface area contributed by atoms with Crippen LogP contribution in [0, 0.1) is 0 Å². The normalized spacial score (nSPS) is 12.9. The number of nitrogens with one attached hydrogen (secondary N) is 1. The monoisotopic (exact) mass is 304 g/mol. The molecule has 0 aliphatic carbocycles. The molecule has 1 atom stereocenters. The van der Waals surface area contributed by atoms with E-state index in [4.69, 9.17) is 5.73 Å². The molecule has 2 aromatic carbocycles. The van der Waals surface area contributed by atoms with Crippen LogP contribution in [0.15, 0.2) is 53.4 Å². The highest BCUT2D eigenvalue weighted by molar-refractivity contribution is 7.91. The molecule has 0 fully saturated rings. The summed E-state index contributed by atoms with van der Waals surface area (Å²) in [6.45, 7) is 3.60. The SMILES string of the molecule is CCS(=O)(=O)c1ccccc1NC(C)c1ccccc1N. The van der Waals surface area contributed by atoms with Crippen LogP contribution in [0.2, 0.25) is 0 Å². The molecule has 0 saturated heterocycles. The largest absolute Gasteiger partial charge is 0.398 e. The predicted octanol–water partition coefficient (Wildman–Crippen LogP) is 3.24. The topological polar surface area (TPSA) is 72.2 Å². The highest BCUT2D eigenvalue weighted by atomic mass is 32.2. The molecule has 1 unspecified atom stereocenters. The van der Waals surface area contributed by atoms with Crippen LogP contribution in [-0.2, 0) is 9.84 Å². The van der Waals surface area contributed by atoms with Crippen LogP contribution in [0.5, 0.6) is 0 Å². The molecule has 0 radical (unpaired) electrons. The van der Waals surface area contributed by atoms with Gasteiger partial charge in [0.1, 0.15) is 0 Å². The second kappa shape index (κ2) is 6.18. The lowest BCUT2D eigenvalue weighted by molar-refractivity contribution is 0.597. The molecule has 0 saturated carbocycles. The minimum Gasteiger partial charge on any atom is -0.398 e. The van der Waals surface area contributed by atoms with E-state index in [-0.39, 0.29) is 11.8 Å². The summed E-state index contributed by atoms with van der Waals surface area (Å²) in [5.74, 6) is 0.0769. The highest BCUT2D eigenvalue weighted by Crippen LogP contribution is 2.28. The summed E-state index contributed by atoms with van der Waals surface area (Å²) >= 11 is 0. The van der Waals surface area contributed by atoms with Gasteiger partial charge in [-0.1, -0.05) is 37.3 Å². The number of hydrogen-bond acceptors (Lipinski definition) is 4. The molecule has 112 valence electrons. The number of benzene rings is 2. The Hall–Kier alpha value is -2.01. The van der Waals surface area contributed by atoms with Gasteiger partial charge in [0.2, 0.25) is 0 Å². The van der Waals surface area contributed by atoms with Gasteiger partial charge in [0.25, 0.3) is 0 Å². The van der Waals surface area contributed by atoms with E-state index in [2.05, 4.69) is 5.32 Å². The Morgan fingerprint density at radius 2 is 1.71 bits per heavy atom. The summed E-state index contributed by atoms with van der Waals surface area (Å²) < 4.78 is 24.3. The van der Waals surface area contributed by atoms with Crippen molar-refractivity contribution in [2.24, 2.45) is 0 Å². The van der Waals surface area contributed by atoms with E-state index in [1.165, 1.54) is 0 Å². The summed E-state index contributed by atoms with van der Waals surface area (Å²) in [6.07, 6.45) is 0. The fraction of sp³-hybridized carbons (Fsp3) is 0.250. The number of para-hydroxylation sites is 2. The number of rotatable bonds is 5. The lowest BCUT2D eigenvalue weighted by Crippen LogP contribution is -2.13. The number of anilines is 2. The first-order chi connectivity index (χ1) is 9.95. The van der Waals surface area contributed by atoms with Gasteiger partial charge in [-0.25, -0.2) is 8.42 Å². The molecule has 0 amide bonds. The molecule has 0 heterocycles. The zero-order valence-corrected chi connectivity index (χ0v) is 13.0. The van der Waals surface area contributed by atoms with Crippen molar-refractivity contribution < 1.29 is 8.42 Å². The smallest absolute Gasteiger partial charge is 0.180 e. The van der Waals surface area contributed by atoms with Crippen molar-refractivity contribution >= 4 is 21.2 Å². The quantitative estimate of drug-likeness (QED) is 0.832. The fourth-order valence-corrected chi connectivity index (χ4v) is 3.29. The van der Waals surface area contributed by atoms with Crippen molar-refractivity contribution in [3.05, 3.63) is 54.1 Å². The van der Waals surface area contributed by atoms with Gasteiger partial charge in [-0.05, 0) is 30.7 Å². The standard InChI is InChI=1S/C16H20N2O2S/c1-3-21(19,20)16-11-7-6-10-15(16)18-12(2)13-8-4-5-9-14(13)17/h4-12,18H,3,17H2,1-2H3. The second-order valence-corrected chi connectivity index (χ2v) is 7.14. The van der Waals surface area contributed by atoms with Crippen LogP contribution in [0.1, 0.15) is 25.5 Å². The molecule has 0 aliphatic heterocycles. The Kier molecular flexibility index (Phi) is 4.53. The molecule has 21 heavy (non-hydrogen) atoms. The van der Waals surface area contributed by atoms with E-state index in [9.17, 15) is 8.42 Å². The van der Waals surface area contributed by atoms with E-state index in [1.54, 1.807) is 25.1 Å². The van der Waals surface area contributed by atoms with Crippen molar-refractivity contribution in [2.75, 3.05) is 16.8 Å². The molecular weight excluding hydrogens is 284 g/mol. The molecule has 2 rings (SSSR count). The van der Waals surface area contributed by atoms with E-state index in [0.717, 1.165) is 5.56 Å². The van der Waals surface area contributed by atoms with Crippen molar-refractivity contribution in [3.8, 4) is 0 Å². The average Bonchev–Trinajstić information content (AvgIpc) is 2.48. The van der Waals surface area contributed by atoms with E-state index in [1.807, 2.05) is 37.3 Å². The summed E-state index contributed by atoms with van der Waals surface area (Å²) in [6, 6.07) is 14.4. The Morgan fingerprint density at radius 1 is 1.10 bits per heavy atom. The van der Waals surface area contributed by atoms with Gasteiger partial charge in [-0.2, -0.15) is 0 Å². The maximum Gasteiger partial charge on any atom is 0.180 e. The Morgan fingerprint density at radius 3 is 2.38 bits per heavy atom. The summed E-state index contributed by atoms with van der Waals surface area (Å²) in [5.41, 5.74) is 8.21. The molecular formula is C16H20N2O2S. The Bertz CT molecular complexity index is 727. The summed E-state index contributed by atoms with van der Waals surface area (Å²) in [5, 5.41) is 3.25. The van der Waals surface area contributed by atoms with Gasteiger partial charge in [-0.3, -0.25) is 0 Å². The maximum atomic E-state index is 12.1. The zero-order chi connectivity index (χ0) is 15.5. The van der Waals surface area contributed by atoms with Gasteiger partial charge in [-0.15, -0.1) is 0 Å². The minimum absolute atomic E-state index is 0.0769. The van der Waals surface area contributed by atoms with E-state index >= 15 is 0 Å². The van der Waals surface area contributed by atoms with Gasteiger partial charge < -0.3 is 11.1 Å². The van der Waals surface area contributed by atoms with Crippen LogP contribution in [-0.4, -0.2) is 14.2 Å². The van der Waals surface area contributed by atoms with Crippen molar-refractivity contribution in [1.82, 2.24) is 0 Å². The first-order valence-electron chi connectivity index (χ1n) is 6.88. The van der Waals surface area contributed by atoms with Crippen LogP contribution < -0.4 is 11.1 Å². The summed E-state index contributed by atoms with van der Waals surface area (Å²) in [4.78, 5) is 0.328. The Balaban J connectivity index is 2.35. The molecule has 0 aliphatic rings. The van der Waals surface area contributed by atoms with Crippen LogP contribution in [0.3, 0.4) is 0 Å². The van der Waals surface area contributed by atoms with Crippen LogP contribution >= 0.6 is 0 Å². The predicted molar refractivity (Wildman–Crippen MR) is 87.1 cm³/mol. The first-order valence-corrected chi connectivity index (χ1v) is 8.53. The lowest BCUT2D eigenvalue weighted by atomic mass is 10.1. The molecule has 0 aromatic heterocycles. The second-order valence-electron chi connectivity index (χ2n) is 4.89. The molecule has 5 heteroatoms. The van der Waals surface area contributed by atoms with Crippen molar-refractivity contribution in [2.45, 2.75) is 24.8 Å².